The summed E-state index contributed by atoms with van der Waals surface area (Å²) in [5.41, 5.74) is 6.17. The SMILES string of the molecule is Cc1nc(N)cc(C(C)C#N)n1. The monoisotopic (exact) mass is 162 g/mol. The van der Waals surface area contributed by atoms with Crippen molar-refractivity contribution in [1.82, 2.24) is 9.97 Å². The fourth-order valence-electron chi connectivity index (χ4n) is 0.903. The van der Waals surface area contributed by atoms with Crippen LogP contribution in [0.25, 0.3) is 0 Å². The van der Waals surface area contributed by atoms with Crippen molar-refractivity contribution in [3.8, 4) is 6.07 Å². The highest BCUT2D eigenvalue weighted by molar-refractivity contribution is 5.32. The third kappa shape index (κ3) is 1.70. The van der Waals surface area contributed by atoms with E-state index in [1.165, 1.54) is 0 Å². The molecule has 0 amide bonds. The van der Waals surface area contributed by atoms with Crippen LogP contribution in [0.15, 0.2) is 6.07 Å². The summed E-state index contributed by atoms with van der Waals surface area (Å²) in [5.74, 6) is 0.792. The largest absolute Gasteiger partial charge is 0.384 e. The number of hydrogen-bond donors (Lipinski definition) is 1. The Balaban J connectivity index is 3.10. The second kappa shape index (κ2) is 3.18. The molecule has 0 radical (unpaired) electrons. The minimum atomic E-state index is -0.228. The zero-order chi connectivity index (χ0) is 9.14. The van der Waals surface area contributed by atoms with Crippen molar-refractivity contribution in [3.63, 3.8) is 0 Å². The van der Waals surface area contributed by atoms with Gasteiger partial charge in [-0.2, -0.15) is 5.26 Å². The average molecular weight is 162 g/mol. The fourth-order valence-corrected chi connectivity index (χ4v) is 0.903. The molecule has 12 heavy (non-hydrogen) atoms. The van der Waals surface area contributed by atoms with Crippen LogP contribution >= 0.6 is 0 Å². The first-order valence-electron chi connectivity index (χ1n) is 3.64. The molecule has 0 aromatic carbocycles. The highest BCUT2D eigenvalue weighted by Gasteiger charge is 2.06. The Morgan fingerprint density at radius 2 is 2.25 bits per heavy atom. The van der Waals surface area contributed by atoms with Crippen molar-refractivity contribution in [3.05, 3.63) is 17.6 Å². The van der Waals surface area contributed by atoms with E-state index in [0.717, 1.165) is 0 Å². The molecule has 0 aliphatic heterocycles. The summed E-state index contributed by atoms with van der Waals surface area (Å²) in [7, 11) is 0. The molecule has 1 aromatic rings. The van der Waals surface area contributed by atoms with E-state index in [4.69, 9.17) is 11.0 Å². The number of rotatable bonds is 1. The van der Waals surface area contributed by atoms with Gasteiger partial charge in [0.05, 0.1) is 17.7 Å². The molecule has 0 spiro atoms. The number of aryl methyl sites for hydroxylation is 1. The third-order valence-corrected chi connectivity index (χ3v) is 1.51. The second-order valence-corrected chi connectivity index (χ2v) is 2.62. The summed E-state index contributed by atoms with van der Waals surface area (Å²) >= 11 is 0. The van der Waals surface area contributed by atoms with Gasteiger partial charge in [0, 0.05) is 6.07 Å². The maximum atomic E-state index is 8.62. The van der Waals surface area contributed by atoms with Crippen LogP contribution in [0, 0.1) is 18.3 Å². The zero-order valence-electron chi connectivity index (χ0n) is 7.07. The van der Waals surface area contributed by atoms with E-state index < -0.39 is 0 Å². The summed E-state index contributed by atoms with van der Waals surface area (Å²) in [6, 6.07) is 3.72. The van der Waals surface area contributed by atoms with E-state index in [1.54, 1.807) is 19.9 Å². The lowest BCUT2D eigenvalue weighted by atomic mass is 10.1. The Labute approximate surface area is 71.1 Å². The molecule has 1 rings (SSSR count). The minimum Gasteiger partial charge on any atom is -0.384 e. The van der Waals surface area contributed by atoms with Gasteiger partial charge in [0.15, 0.2) is 0 Å². The lowest BCUT2D eigenvalue weighted by Crippen LogP contribution is -2.01. The van der Waals surface area contributed by atoms with Crippen molar-refractivity contribution in [2.45, 2.75) is 19.8 Å². The first kappa shape index (κ1) is 8.47. The van der Waals surface area contributed by atoms with Gasteiger partial charge in [0.1, 0.15) is 11.6 Å². The molecule has 0 saturated heterocycles. The molecule has 0 aliphatic carbocycles. The molecule has 0 saturated carbocycles. The van der Waals surface area contributed by atoms with Crippen LogP contribution in [0.5, 0.6) is 0 Å². The summed E-state index contributed by atoms with van der Waals surface area (Å²) in [6.07, 6.45) is 0. The molecule has 1 heterocycles. The molecule has 0 fully saturated rings. The van der Waals surface area contributed by atoms with Gasteiger partial charge in [-0.05, 0) is 13.8 Å². The van der Waals surface area contributed by atoms with E-state index in [1.807, 2.05) is 0 Å². The number of nitriles is 1. The van der Waals surface area contributed by atoms with Gasteiger partial charge in [-0.1, -0.05) is 0 Å². The molecule has 1 aromatic heterocycles. The van der Waals surface area contributed by atoms with Gasteiger partial charge in [-0.25, -0.2) is 9.97 Å². The van der Waals surface area contributed by atoms with Gasteiger partial charge < -0.3 is 5.73 Å². The number of hydrogen-bond acceptors (Lipinski definition) is 4. The fraction of sp³-hybridized carbons (Fsp3) is 0.375. The smallest absolute Gasteiger partial charge is 0.127 e. The standard InChI is InChI=1S/C8H10N4/c1-5(4-9)7-3-8(10)12-6(2)11-7/h3,5H,1-2H3,(H2,10,11,12). The Hall–Kier alpha value is -1.63. The van der Waals surface area contributed by atoms with Gasteiger partial charge in [-0.15, -0.1) is 0 Å². The normalized spacial score (nSPS) is 12.1. The maximum Gasteiger partial charge on any atom is 0.127 e. The van der Waals surface area contributed by atoms with Gasteiger partial charge in [-0.3, -0.25) is 0 Å². The Kier molecular flexibility index (Phi) is 2.24. The highest BCUT2D eigenvalue weighted by Crippen LogP contribution is 2.12. The van der Waals surface area contributed by atoms with E-state index >= 15 is 0 Å². The first-order valence-corrected chi connectivity index (χ1v) is 3.64. The van der Waals surface area contributed by atoms with E-state index in [2.05, 4.69) is 16.0 Å². The quantitative estimate of drug-likeness (QED) is 0.668. The second-order valence-electron chi connectivity index (χ2n) is 2.62. The van der Waals surface area contributed by atoms with E-state index in [-0.39, 0.29) is 5.92 Å². The zero-order valence-corrected chi connectivity index (χ0v) is 7.07. The van der Waals surface area contributed by atoms with Crippen molar-refractivity contribution < 1.29 is 0 Å². The van der Waals surface area contributed by atoms with Crippen LogP contribution in [-0.2, 0) is 0 Å². The number of nitrogen functional groups attached to an aromatic ring is 1. The summed E-state index contributed by atoms with van der Waals surface area (Å²) in [6.45, 7) is 3.53. The van der Waals surface area contributed by atoms with Crippen LogP contribution in [0.2, 0.25) is 0 Å². The minimum absolute atomic E-state index is 0.228. The van der Waals surface area contributed by atoms with E-state index in [9.17, 15) is 0 Å². The molecule has 0 aliphatic rings. The van der Waals surface area contributed by atoms with Gasteiger partial charge in [0.25, 0.3) is 0 Å². The molecular weight excluding hydrogens is 152 g/mol. The molecule has 62 valence electrons. The third-order valence-electron chi connectivity index (χ3n) is 1.51. The molecule has 1 unspecified atom stereocenters. The molecule has 0 bridgehead atoms. The number of aromatic nitrogens is 2. The van der Waals surface area contributed by atoms with Crippen LogP contribution in [-0.4, -0.2) is 9.97 Å². The van der Waals surface area contributed by atoms with Crippen molar-refractivity contribution in [2.75, 3.05) is 5.73 Å². The lowest BCUT2D eigenvalue weighted by molar-refractivity contribution is 0.882. The Morgan fingerprint density at radius 1 is 1.58 bits per heavy atom. The van der Waals surface area contributed by atoms with Crippen LogP contribution in [0.1, 0.15) is 24.4 Å². The first-order chi connectivity index (χ1) is 5.63. The topological polar surface area (TPSA) is 75.6 Å². The number of anilines is 1. The molecule has 4 heteroatoms. The summed E-state index contributed by atoms with van der Waals surface area (Å²) in [4.78, 5) is 8.00. The average Bonchev–Trinajstić information content (AvgIpc) is 2.01. The van der Waals surface area contributed by atoms with Crippen LogP contribution < -0.4 is 5.73 Å². The summed E-state index contributed by atoms with van der Waals surface area (Å²) in [5, 5.41) is 8.62. The van der Waals surface area contributed by atoms with Crippen LogP contribution in [0.3, 0.4) is 0 Å². The van der Waals surface area contributed by atoms with Crippen molar-refractivity contribution >= 4 is 5.82 Å². The van der Waals surface area contributed by atoms with E-state index in [0.29, 0.717) is 17.3 Å². The summed E-state index contributed by atoms with van der Waals surface area (Å²) < 4.78 is 0. The van der Waals surface area contributed by atoms with Crippen molar-refractivity contribution in [1.29, 1.82) is 5.26 Å². The maximum absolute atomic E-state index is 8.62. The molecule has 1 atom stereocenters. The Morgan fingerprint density at radius 3 is 2.75 bits per heavy atom. The van der Waals surface area contributed by atoms with Gasteiger partial charge >= 0.3 is 0 Å². The molecule has 2 N–H and O–H groups in total. The predicted octanol–water partition coefficient (Wildman–Crippen LogP) is 0.994. The lowest BCUT2D eigenvalue weighted by Gasteiger charge is -2.03. The molecular formula is C8H10N4. The predicted molar refractivity (Wildman–Crippen MR) is 45.2 cm³/mol. The van der Waals surface area contributed by atoms with Crippen molar-refractivity contribution in [2.24, 2.45) is 0 Å². The highest BCUT2D eigenvalue weighted by atomic mass is 14.9. The molecule has 4 nitrogen and oxygen atoms in total. The Bertz CT molecular complexity index is 306. The van der Waals surface area contributed by atoms with Crippen LogP contribution in [0.4, 0.5) is 5.82 Å². The van der Waals surface area contributed by atoms with Gasteiger partial charge in [0.2, 0.25) is 0 Å². The number of nitrogens with zero attached hydrogens (tertiary/aromatic N) is 3. The number of nitrogens with two attached hydrogens (primary N) is 1.